The van der Waals surface area contributed by atoms with Crippen molar-refractivity contribution in [3.63, 3.8) is 0 Å². The molecule has 0 aromatic heterocycles. The van der Waals surface area contributed by atoms with Crippen molar-refractivity contribution >= 4 is 11.8 Å². The summed E-state index contributed by atoms with van der Waals surface area (Å²) in [6, 6.07) is 0. The molecule has 0 radical (unpaired) electrons. The summed E-state index contributed by atoms with van der Waals surface area (Å²) in [7, 11) is 0. The maximum Gasteiger partial charge on any atom is 0.00498 e. The minimum atomic E-state index is 0.830. The first-order valence-corrected chi connectivity index (χ1v) is 8.12. The zero-order valence-electron chi connectivity index (χ0n) is 10.7. The number of allylic oxidation sites excluding steroid dienone is 1. The highest BCUT2D eigenvalue weighted by atomic mass is 32.2. The van der Waals surface area contributed by atoms with Crippen LogP contribution in [0.25, 0.3) is 0 Å². The summed E-state index contributed by atoms with van der Waals surface area (Å²) in [5, 5.41) is 0.977. The third-order valence-corrected chi connectivity index (χ3v) is 6.04. The Morgan fingerprint density at radius 2 is 1.94 bits per heavy atom. The van der Waals surface area contributed by atoms with E-state index >= 15 is 0 Å². The van der Waals surface area contributed by atoms with Crippen LogP contribution in [0.2, 0.25) is 0 Å². The lowest BCUT2D eigenvalue weighted by atomic mass is 9.67. The van der Waals surface area contributed by atoms with Gasteiger partial charge < -0.3 is 0 Å². The summed E-state index contributed by atoms with van der Waals surface area (Å²) < 4.78 is 0. The molecule has 1 heteroatoms. The summed E-state index contributed by atoms with van der Waals surface area (Å²) in [5.41, 5.74) is 0. The van der Waals surface area contributed by atoms with Gasteiger partial charge in [0.25, 0.3) is 0 Å². The minimum Gasteiger partial charge on any atom is -0.159 e. The monoisotopic (exact) mass is 238 g/mol. The van der Waals surface area contributed by atoms with Gasteiger partial charge in [0, 0.05) is 5.25 Å². The lowest BCUT2D eigenvalue weighted by molar-refractivity contribution is 0.150. The van der Waals surface area contributed by atoms with Gasteiger partial charge in [-0.25, -0.2) is 0 Å². The highest BCUT2D eigenvalue weighted by Gasteiger charge is 2.34. The van der Waals surface area contributed by atoms with Crippen molar-refractivity contribution in [2.24, 2.45) is 17.8 Å². The molecule has 2 saturated carbocycles. The van der Waals surface area contributed by atoms with Crippen molar-refractivity contribution in [3.8, 4) is 0 Å². The fourth-order valence-electron chi connectivity index (χ4n) is 3.54. The largest absolute Gasteiger partial charge is 0.159 e. The van der Waals surface area contributed by atoms with Crippen LogP contribution in [-0.4, -0.2) is 11.0 Å². The van der Waals surface area contributed by atoms with E-state index in [1.54, 1.807) is 0 Å². The predicted octanol–water partition coefficient (Wildman–Crippen LogP) is 4.90. The SMILES string of the molecule is C=CC1CCC2CCC(SCCC)CC2C1. The van der Waals surface area contributed by atoms with Crippen LogP contribution in [0.4, 0.5) is 0 Å². The smallest absolute Gasteiger partial charge is 0.00498 e. The van der Waals surface area contributed by atoms with Crippen molar-refractivity contribution in [1.82, 2.24) is 0 Å². The fraction of sp³-hybridized carbons (Fsp3) is 0.867. The summed E-state index contributed by atoms with van der Waals surface area (Å²) in [6.07, 6.45) is 12.4. The summed E-state index contributed by atoms with van der Waals surface area (Å²) in [6.45, 7) is 6.28. The Hall–Kier alpha value is 0.0900. The van der Waals surface area contributed by atoms with Crippen LogP contribution in [-0.2, 0) is 0 Å². The van der Waals surface area contributed by atoms with Crippen molar-refractivity contribution in [3.05, 3.63) is 12.7 Å². The molecule has 2 rings (SSSR count). The fourth-order valence-corrected chi connectivity index (χ4v) is 4.79. The average molecular weight is 238 g/mol. The number of thioether (sulfide) groups is 1. The maximum absolute atomic E-state index is 3.99. The van der Waals surface area contributed by atoms with Gasteiger partial charge in [-0.15, -0.1) is 6.58 Å². The van der Waals surface area contributed by atoms with Crippen LogP contribution in [0.5, 0.6) is 0 Å². The Labute approximate surface area is 105 Å². The maximum atomic E-state index is 3.99. The van der Waals surface area contributed by atoms with Gasteiger partial charge in [-0.3, -0.25) is 0 Å². The van der Waals surface area contributed by atoms with Gasteiger partial charge in [0.1, 0.15) is 0 Å². The predicted molar refractivity (Wildman–Crippen MR) is 74.9 cm³/mol. The Morgan fingerprint density at radius 1 is 1.12 bits per heavy atom. The highest BCUT2D eigenvalue weighted by molar-refractivity contribution is 7.99. The molecule has 92 valence electrons. The van der Waals surface area contributed by atoms with Gasteiger partial charge >= 0.3 is 0 Å². The van der Waals surface area contributed by atoms with Gasteiger partial charge in [-0.2, -0.15) is 11.8 Å². The second kappa shape index (κ2) is 6.14. The van der Waals surface area contributed by atoms with Crippen LogP contribution in [0.15, 0.2) is 12.7 Å². The van der Waals surface area contributed by atoms with E-state index in [9.17, 15) is 0 Å². The molecule has 2 aliphatic rings. The van der Waals surface area contributed by atoms with Crippen molar-refractivity contribution in [2.45, 2.75) is 57.1 Å². The molecule has 4 unspecified atom stereocenters. The number of hydrogen-bond donors (Lipinski definition) is 0. The van der Waals surface area contributed by atoms with E-state index in [0.717, 1.165) is 23.0 Å². The summed E-state index contributed by atoms with van der Waals surface area (Å²) >= 11 is 2.24. The van der Waals surface area contributed by atoms with Crippen LogP contribution < -0.4 is 0 Å². The molecule has 0 amide bonds. The van der Waals surface area contributed by atoms with Gasteiger partial charge in [0.15, 0.2) is 0 Å². The zero-order chi connectivity index (χ0) is 11.4. The Balaban J connectivity index is 1.83. The van der Waals surface area contributed by atoms with Crippen LogP contribution in [0.3, 0.4) is 0 Å². The number of hydrogen-bond acceptors (Lipinski definition) is 1. The third kappa shape index (κ3) is 3.06. The molecule has 0 aromatic carbocycles. The average Bonchev–Trinajstić information content (AvgIpc) is 2.35. The lowest BCUT2D eigenvalue weighted by Gasteiger charge is -2.41. The molecule has 16 heavy (non-hydrogen) atoms. The number of fused-ring (bicyclic) bond motifs is 1. The van der Waals surface area contributed by atoms with E-state index < -0.39 is 0 Å². The van der Waals surface area contributed by atoms with Gasteiger partial charge in [-0.1, -0.05) is 13.0 Å². The van der Waals surface area contributed by atoms with E-state index in [-0.39, 0.29) is 0 Å². The molecule has 0 heterocycles. The first-order valence-electron chi connectivity index (χ1n) is 7.07. The molecule has 0 nitrogen and oxygen atoms in total. The van der Waals surface area contributed by atoms with E-state index in [2.05, 4.69) is 31.3 Å². The van der Waals surface area contributed by atoms with Crippen molar-refractivity contribution in [1.29, 1.82) is 0 Å². The van der Waals surface area contributed by atoms with E-state index in [1.807, 2.05) is 0 Å². The van der Waals surface area contributed by atoms with Gasteiger partial charge in [0.05, 0.1) is 0 Å². The molecular formula is C15H26S. The highest BCUT2D eigenvalue weighted by Crippen LogP contribution is 2.45. The Bertz CT molecular complexity index is 223. The first-order chi connectivity index (χ1) is 7.83. The molecule has 0 spiro atoms. The molecule has 2 fully saturated rings. The van der Waals surface area contributed by atoms with E-state index in [4.69, 9.17) is 0 Å². The van der Waals surface area contributed by atoms with E-state index in [1.165, 1.54) is 50.7 Å². The normalized spacial score (nSPS) is 39.1. The molecule has 0 saturated heterocycles. The first kappa shape index (κ1) is 12.5. The molecule has 0 bridgehead atoms. The van der Waals surface area contributed by atoms with Crippen LogP contribution in [0, 0.1) is 17.8 Å². The lowest BCUT2D eigenvalue weighted by Crippen LogP contribution is -2.31. The van der Waals surface area contributed by atoms with E-state index in [0.29, 0.717) is 0 Å². The zero-order valence-corrected chi connectivity index (χ0v) is 11.5. The van der Waals surface area contributed by atoms with Crippen molar-refractivity contribution in [2.75, 3.05) is 5.75 Å². The molecule has 0 N–H and O–H groups in total. The van der Waals surface area contributed by atoms with Crippen molar-refractivity contribution < 1.29 is 0 Å². The quantitative estimate of drug-likeness (QED) is 0.628. The van der Waals surface area contributed by atoms with Gasteiger partial charge in [-0.05, 0) is 68.5 Å². The summed E-state index contributed by atoms with van der Waals surface area (Å²) in [4.78, 5) is 0. The number of rotatable bonds is 4. The Kier molecular flexibility index (Phi) is 4.81. The third-order valence-electron chi connectivity index (χ3n) is 4.50. The second-order valence-corrected chi connectivity index (χ2v) is 7.04. The standard InChI is InChI=1S/C15H26S/c1-3-9-16-15-8-7-13-6-5-12(4-2)10-14(13)11-15/h4,12-15H,2-3,5-11H2,1H3. The Morgan fingerprint density at radius 3 is 2.69 bits per heavy atom. The van der Waals surface area contributed by atoms with Gasteiger partial charge in [0.2, 0.25) is 0 Å². The minimum absolute atomic E-state index is 0.830. The molecule has 0 aliphatic heterocycles. The molecular weight excluding hydrogens is 212 g/mol. The summed E-state index contributed by atoms with van der Waals surface area (Å²) in [5.74, 6) is 4.29. The van der Waals surface area contributed by atoms with Crippen LogP contribution in [0.1, 0.15) is 51.9 Å². The topological polar surface area (TPSA) is 0 Å². The van der Waals surface area contributed by atoms with Crippen LogP contribution >= 0.6 is 11.8 Å². The molecule has 2 aliphatic carbocycles. The molecule has 4 atom stereocenters. The molecule has 0 aromatic rings. The second-order valence-electron chi connectivity index (χ2n) is 5.63.